The Kier molecular flexibility index (Phi) is 3.29. The van der Waals surface area contributed by atoms with Crippen LogP contribution in [-0.2, 0) is 4.79 Å². The number of amides is 1. The van der Waals surface area contributed by atoms with Gasteiger partial charge < -0.3 is 10.0 Å². The fraction of sp³-hybridized carbons (Fsp3) is 0.917. The van der Waals surface area contributed by atoms with Crippen LogP contribution in [-0.4, -0.2) is 35.1 Å². The third kappa shape index (κ3) is 2.03. The molecule has 86 valence electrons. The number of aliphatic hydroxyl groups is 1. The van der Waals surface area contributed by atoms with Gasteiger partial charge >= 0.3 is 0 Å². The number of carbonyl (C=O) groups is 1. The van der Waals surface area contributed by atoms with Gasteiger partial charge in [0.15, 0.2) is 0 Å². The van der Waals surface area contributed by atoms with Crippen molar-refractivity contribution >= 4 is 5.91 Å². The lowest BCUT2D eigenvalue weighted by Gasteiger charge is -2.49. The highest BCUT2D eigenvalue weighted by Gasteiger charge is 2.41. The molecule has 2 fully saturated rings. The fourth-order valence-electron chi connectivity index (χ4n) is 3.00. The molecular weight excluding hydrogens is 190 g/mol. The Morgan fingerprint density at radius 1 is 1.47 bits per heavy atom. The van der Waals surface area contributed by atoms with E-state index in [1.165, 1.54) is 19.3 Å². The van der Waals surface area contributed by atoms with Gasteiger partial charge in [-0.3, -0.25) is 4.79 Å². The Bertz CT molecular complexity index is 238. The van der Waals surface area contributed by atoms with E-state index in [9.17, 15) is 4.79 Å². The molecule has 2 unspecified atom stereocenters. The van der Waals surface area contributed by atoms with Crippen molar-refractivity contribution in [3.05, 3.63) is 0 Å². The smallest absolute Gasteiger partial charge is 0.219 e. The Labute approximate surface area is 91.5 Å². The van der Waals surface area contributed by atoms with Gasteiger partial charge in [0.2, 0.25) is 5.91 Å². The fourth-order valence-corrected chi connectivity index (χ4v) is 3.00. The monoisotopic (exact) mass is 211 g/mol. The minimum atomic E-state index is 0.202. The summed E-state index contributed by atoms with van der Waals surface area (Å²) in [4.78, 5) is 13.3. The van der Waals surface area contributed by atoms with Crippen molar-refractivity contribution in [1.82, 2.24) is 4.90 Å². The molecule has 2 aliphatic rings. The zero-order valence-corrected chi connectivity index (χ0v) is 9.48. The predicted molar refractivity (Wildman–Crippen MR) is 58.3 cm³/mol. The van der Waals surface area contributed by atoms with E-state index in [0.717, 1.165) is 25.3 Å². The standard InChI is InChI=1S/C12H21NO2/c1-9(15)13-7-5-12(13)11(6-8-14)10-3-2-4-10/h10-12,14H,2-8H2,1H3. The summed E-state index contributed by atoms with van der Waals surface area (Å²) in [7, 11) is 0. The van der Waals surface area contributed by atoms with E-state index in [4.69, 9.17) is 5.11 Å². The van der Waals surface area contributed by atoms with E-state index in [1.54, 1.807) is 6.92 Å². The minimum Gasteiger partial charge on any atom is -0.396 e. The molecule has 0 radical (unpaired) electrons. The molecule has 3 nitrogen and oxygen atoms in total. The van der Waals surface area contributed by atoms with Gasteiger partial charge in [-0.1, -0.05) is 19.3 Å². The molecule has 1 saturated carbocycles. The summed E-state index contributed by atoms with van der Waals surface area (Å²) in [5.41, 5.74) is 0. The van der Waals surface area contributed by atoms with Crippen LogP contribution in [0.4, 0.5) is 0 Å². The second-order valence-corrected chi connectivity index (χ2v) is 4.94. The van der Waals surface area contributed by atoms with Crippen LogP contribution in [0, 0.1) is 11.8 Å². The van der Waals surface area contributed by atoms with E-state index in [1.807, 2.05) is 4.90 Å². The summed E-state index contributed by atoms with van der Waals surface area (Å²) >= 11 is 0. The zero-order valence-electron chi connectivity index (χ0n) is 9.48. The Morgan fingerprint density at radius 2 is 2.20 bits per heavy atom. The maximum atomic E-state index is 11.3. The highest BCUT2D eigenvalue weighted by atomic mass is 16.3. The van der Waals surface area contributed by atoms with Gasteiger partial charge in [-0.05, 0) is 24.7 Å². The molecule has 1 amide bonds. The van der Waals surface area contributed by atoms with Crippen LogP contribution in [0.1, 0.15) is 39.0 Å². The normalized spacial score (nSPS) is 28.1. The molecular formula is C12H21NO2. The van der Waals surface area contributed by atoms with Crippen molar-refractivity contribution in [3.63, 3.8) is 0 Å². The largest absolute Gasteiger partial charge is 0.396 e. The van der Waals surface area contributed by atoms with Crippen LogP contribution < -0.4 is 0 Å². The molecule has 15 heavy (non-hydrogen) atoms. The molecule has 0 bridgehead atoms. The van der Waals surface area contributed by atoms with Crippen LogP contribution in [0.25, 0.3) is 0 Å². The van der Waals surface area contributed by atoms with Crippen molar-refractivity contribution in [2.75, 3.05) is 13.2 Å². The summed E-state index contributed by atoms with van der Waals surface area (Å²) < 4.78 is 0. The first-order chi connectivity index (χ1) is 7.24. The van der Waals surface area contributed by atoms with Crippen molar-refractivity contribution in [2.24, 2.45) is 11.8 Å². The molecule has 1 N–H and O–H groups in total. The van der Waals surface area contributed by atoms with Crippen LogP contribution in [0.5, 0.6) is 0 Å². The maximum Gasteiger partial charge on any atom is 0.219 e. The van der Waals surface area contributed by atoms with E-state index in [2.05, 4.69) is 0 Å². The molecule has 1 heterocycles. The first kappa shape index (κ1) is 10.9. The Balaban J connectivity index is 1.94. The number of likely N-dealkylation sites (tertiary alicyclic amines) is 1. The topological polar surface area (TPSA) is 40.5 Å². The van der Waals surface area contributed by atoms with Crippen molar-refractivity contribution < 1.29 is 9.90 Å². The van der Waals surface area contributed by atoms with Gasteiger partial charge in [0.1, 0.15) is 0 Å². The second-order valence-electron chi connectivity index (χ2n) is 4.94. The number of rotatable bonds is 4. The van der Waals surface area contributed by atoms with Gasteiger partial charge in [0.05, 0.1) is 0 Å². The van der Waals surface area contributed by atoms with Gasteiger partial charge in [-0.2, -0.15) is 0 Å². The number of nitrogens with zero attached hydrogens (tertiary/aromatic N) is 1. The first-order valence-electron chi connectivity index (χ1n) is 6.12. The van der Waals surface area contributed by atoms with Crippen LogP contribution in [0.15, 0.2) is 0 Å². The molecule has 0 aromatic carbocycles. The third-order valence-corrected chi connectivity index (χ3v) is 4.18. The number of hydrogen-bond acceptors (Lipinski definition) is 2. The summed E-state index contributed by atoms with van der Waals surface area (Å²) in [5.74, 6) is 1.53. The number of aliphatic hydroxyl groups excluding tert-OH is 1. The van der Waals surface area contributed by atoms with Crippen LogP contribution in [0.3, 0.4) is 0 Å². The molecule has 2 atom stereocenters. The van der Waals surface area contributed by atoms with Crippen LogP contribution in [0.2, 0.25) is 0 Å². The van der Waals surface area contributed by atoms with E-state index >= 15 is 0 Å². The molecule has 0 aromatic heterocycles. The molecule has 2 rings (SSSR count). The molecule has 1 aliphatic heterocycles. The second kappa shape index (κ2) is 4.52. The number of carbonyl (C=O) groups excluding carboxylic acids is 1. The lowest BCUT2D eigenvalue weighted by atomic mass is 9.69. The maximum absolute atomic E-state index is 11.3. The SMILES string of the molecule is CC(=O)N1CCC1C(CCO)C1CCC1. The van der Waals surface area contributed by atoms with Gasteiger partial charge in [0.25, 0.3) is 0 Å². The molecule has 3 heteroatoms. The summed E-state index contributed by atoms with van der Waals surface area (Å²) in [6.07, 6.45) is 5.94. The minimum absolute atomic E-state index is 0.202. The van der Waals surface area contributed by atoms with Crippen molar-refractivity contribution in [2.45, 2.75) is 45.1 Å². The van der Waals surface area contributed by atoms with Crippen molar-refractivity contribution in [1.29, 1.82) is 0 Å². The molecule has 0 spiro atoms. The first-order valence-corrected chi connectivity index (χ1v) is 6.12. The van der Waals surface area contributed by atoms with Crippen molar-refractivity contribution in [3.8, 4) is 0 Å². The lowest BCUT2D eigenvalue weighted by molar-refractivity contribution is -0.140. The third-order valence-electron chi connectivity index (χ3n) is 4.18. The summed E-state index contributed by atoms with van der Waals surface area (Å²) in [6, 6.07) is 0.431. The predicted octanol–water partition coefficient (Wildman–Crippen LogP) is 1.41. The van der Waals surface area contributed by atoms with Gasteiger partial charge in [-0.15, -0.1) is 0 Å². The Hall–Kier alpha value is -0.570. The highest BCUT2D eigenvalue weighted by molar-refractivity contribution is 5.74. The molecule has 1 saturated heterocycles. The van der Waals surface area contributed by atoms with Gasteiger partial charge in [0, 0.05) is 26.1 Å². The highest BCUT2D eigenvalue weighted by Crippen LogP contribution is 2.41. The van der Waals surface area contributed by atoms with E-state index < -0.39 is 0 Å². The quantitative estimate of drug-likeness (QED) is 0.763. The average Bonchev–Trinajstić information content (AvgIpc) is 1.97. The zero-order chi connectivity index (χ0) is 10.8. The lowest BCUT2D eigenvalue weighted by Crippen LogP contribution is -2.56. The summed E-state index contributed by atoms with van der Waals surface area (Å²) in [5, 5.41) is 9.10. The van der Waals surface area contributed by atoms with Crippen LogP contribution >= 0.6 is 0 Å². The molecule has 0 aromatic rings. The Morgan fingerprint density at radius 3 is 2.53 bits per heavy atom. The van der Waals surface area contributed by atoms with E-state index in [-0.39, 0.29) is 12.5 Å². The average molecular weight is 211 g/mol. The summed E-state index contributed by atoms with van der Waals surface area (Å²) in [6.45, 7) is 2.85. The van der Waals surface area contributed by atoms with Gasteiger partial charge in [-0.25, -0.2) is 0 Å². The van der Waals surface area contributed by atoms with E-state index in [0.29, 0.717) is 12.0 Å². The number of hydrogen-bond donors (Lipinski definition) is 1. The molecule has 1 aliphatic carbocycles.